The maximum absolute atomic E-state index is 9.75. The summed E-state index contributed by atoms with van der Waals surface area (Å²) in [6.07, 6.45) is 4.03. The van der Waals surface area contributed by atoms with Crippen LogP contribution in [0.1, 0.15) is 31.4 Å². The van der Waals surface area contributed by atoms with Crippen LogP contribution in [-0.2, 0) is 6.54 Å². The van der Waals surface area contributed by atoms with E-state index in [1.54, 1.807) is 0 Å². The standard InChI is InChI=1S/C10H17N5OS/c11-12-10-9(13-14-17-10)5-15-6-1-2-7(15)4-8(16)3-6/h6-8,12,16H,1-5,11H2. The minimum Gasteiger partial charge on any atom is -0.393 e. The molecule has 2 unspecified atom stereocenters. The zero-order chi connectivity index (χ0) is 11.8. The number of nitrogens with zero attached hydrogens (tertiary/aromatic N) is 3. The molecule has 1 aromatic heterocycles. The van der Waals surface area contributed by atoms with E-state index in [-0.39, 0.29) is 6.10 Å². The molecular weight excluding hydrogens is 238 g/mol. The molecule has 0 saturated carbocycles. The van der Waals surface area contributed by atoms with Crippen molar-refractivity contribution >= 4 is 16.5 Å². The van der Waals surface area contributed by atoms with Crippen LogP contribution in [0.2, 0.25) is 0 Å². The number of hydrogen-bond donors (Lipinski definition) is 3. The number of hydrogen-bond acceptors (Lipinski definition) is 7. The predicted octanol–water partition coefficient (Wildman–Crippen LogP) is 0.311. The molecule has 3 rings (SSSR count). The molecular formula is C10H17N5OS. The van der Waals surface area contributed by atoms with Crippen molar-refractivity contribution < 1.29 is 5.11 Å². The lowest BCUT2D eigenvalue weighted by Gasteiger charge is -2.36. The Bertz CT molecular complexity index is 384. The zero-order valence-electron chi connectivity index (χ0n) is 9.54. The molecule has 0 radical (unpaired) electrons. The zero-order valence-corrected chi connectivity index (χ0v) is 10.4. The molecule has 2 saturated heterocycles. The van der Waals surface area contributed by atoms with Crippen molar-refractivity contribution in [1.82, 2.24) is 14.5 Å². The van der Waals surface area contributed by atoms with E-state index in [1.807, 2.05) is 0 Å². The van der Waals surface area contributed by atoms with E-state index < -0.39 is 0 Å². The lowest BCUT2D eigenvalue weighted by Crippen LogP contribution is -2.44. The molecule has 2 atom stereocenters. The number of nitrogens with one attached hydrogen (secondary N) is 1. The van der Waals surface area contributed by atoms with Crippen LogP contribution in [-0.4, -0.2) is 37.8 Å². The molecule has 0 spiro atoms. The average Bonchev–Trinajstić information content (AvgIpc) is 2.84. The van der Waals surface area contributed by atoms with Crippen molar-refractivity contribution in [2.24, 2.45) is 5.84 Å². The number of nitrogens with two attached hydrogens (primary N) is 1. The van der Waals surface area contributed by atoms with Crippen LogP contribution in [0, 0.1) is 0 Å². The number of aromatic nitrogens is 2. The maximum Gasteiger partial charge on any atom is 0.148 e. The highest BCUT2D eigenvalue weighted by atomic mass is 32.1. The number of fused-ring (bicyclic) bond motifs is 2. The van der Waals surface area contributed by atoms with Gasteiger partial charge in [-0.05, 0) is 25.7 Å². The molecule has 2 aliphatic rings. The first-order valence-electron chi connectivity index (χ1n) is 5.99. The second kappa shape index (κ2) is 4.49. The van der Waals surface area contributed by atoms with Crippen molar-refractivity contribution in [1.29, 1.82) is 0 Å². The Kier molecular flexibility index (Phi) is 2.99. The molecule has 0 aliphatic carbocycles. The summed E-state index contributed by atoms with van der Waals surface area (Å²) in [6, 6.07) is 0.993. The van der Waals surface area contributed by atoms with Gasteiger partial charge in [0.2, 0.25) is 0 Å². The van der Waals surface area contributed by atoms with Gasteiger partial charge in [0.15, 0.2) is 0 Å². The fourth-order valence-electron chi connectivity index (χ4n) is 3.10. The Hall–Kier alpha value is -0.760. The molecule has 3 heterocycles. The molecule has 17 heavy (non-hydrogen) atoms. The summed E-state index contributed by atoms with van der Waals surface area (Å²) in [5.74, 6) is 5.43. The van der Waals surface area contributed by atoms with Crippen LogP contribution in [0.5, 0.6) is 0 Å². The third-order valence-electron chi connectivity index (χ3n) is 3.88. The van der Waals surface area contributed by atoms with Gasteiger partial charge in [0.05, 0.1) is 6.10 Å². The Balaban J connectivity index is 1.74. The number of aliphatic hydroxyl groups is 1. The van der Waals surface area contributed by atoms with Crippen molar-refractivity contribution in [3.8, 4) is 0 Å². The van der Waals surface area contributed by atoms with Crippen LogP contribution in [0.4, 0.5) is 5.00 Å². The molecule has 2 bridgehead atoms. The monoisotopic (exact) mass is 255 g/mol. The van der Waals surface area contributed by atoms with Gasteiger partial charge in [-0.15, -0.1) is 5.10 Å². The van der Waals surface area contributed by atoms with E-state index in [2.05, 4.69) is 19.9 Å². The molecule has 1 aromatic rings. The SMILES string of the molecule is NNc1snnc1CN1C2CCC1CC(O)C2. The summed E-state index contributed by atoms with van der Waals surface area (Å²) >= 11 is 1.29. The molecule has 0 aromatic carbocycles. The number of piperidine rings is 1. The Morgan fingerprint density at radius 3 is 2.76 bits per heavy atom. The van der Waals surface area contributed by atoms with Crippen LogP contribution in [0.15, 0.2) is 0 Å². The molecule has 2 aliphatic heterocycles. The van der Waals surface area contributed by atoms with E-state index in [0.717, 1.165) is 30.1 Å². The minimum atomic E-state index is -0.121. The average molecular weight is 255 g/mol. The van der Waals surface area contributed by atoms with Gasteiger partial charge in [-0.2, -0.15) is 0 Å². The summed E-state index contributed by atoms with van der Waals surface area (Å²) in [7, 11) is 0. The summed E-state index contributed by atoms with van der Waals surface area (Å²) in [4.78, 5) is 2.45. The first kappa shape index (κ1) is 11.3. The van der Waals surface area contributed by atoms with Gasteiger partial charge in [-0.1, -0.05) is 4.49 Å². The molecule has 2 fully saturated rings. The first-order chi connectivity index (χ1) is 8.28. The van der Waals surface area contributed by atoms with Gasteiger partial charge in [0.25, 0.3) is 0 Å². The highest BCUT2D eigenvalue weighted by Crippen LogP contribution is 2.37. The number of aliphatic hydroxyl groups excluding tert-OH is 1. The highest BCUT2D eigenvalue weighted by molar-refractivity contribution is 7.10. The van der Waals surface area contributed by atoms with Crippen molar-refractivity contribution in [2.75, 3.05) is 5.43 Å². The number of anilines is 1. The molecule has 0 amide bonds. The fourth-order valence-corrected chi connectivity index (χ4v) is 3.58. The van der Waals surface area contributed by atoms with Gasteiger partial charge in [-0.25, -0.2) is 5.84 Å². The summed E-state index contributed by atoms with van der Waals surface area (Å²) in [6.45, 7) is 0.790. The van der Waals surface area contributed by atoms with Gasteiger partial charge < -0.3 is 10.5 Å². The van der Waals surface area contributed by atoms with Crippen molar-refractivity contribution in [3.63, 3.8) is 0 Å². The molecule has 4 N–H and O–H groups in total. The first-order valence-corrected chi connectivity index (χ1v) is 6.77. The third kappa shape index (κ3) is 2.03. The molecule has 94 valence electrons. The van der Waals surface area contributed by atoms with Crippen LogP contribution in [0.3, 0.4) is 0 Å². The smallest absolute Gasteiger partial charge is 0.148 e. The maximum atomic E-state index is 9.75. The van der Waals surface area contributed by atoms with E-state index in [0.29, 0.717) is 12.1 Å². The highest BCUT2D eigenvalue weighted by Gasteiger charge is 2.40. The predicted molar refractivity (Wildman–Crippen MR) is 65.3 cm³/mol. The van der Waals surface area contributed by atoms with Crippen molar-refractivity contribution in [2.45, 2.75) is 50.4 Å². The summed E-state index contributed by atoms with van der Waals surface area (Å²) < 4.78 is 3.92. The van der Waals surface area contributed by atoms with Gasteiger partial charge in [-0.3, -0.25) is 4.90 Å². The second-order valence-electron chi connectivity index (χ2n) is 4.88. The summed E-state index contributed by atoms with van der Waals surface area (Å²) in [5, 5.41) is 14.7. The van der Waals surface area contributed by atoms with E-state index in [1.165, 1.54) is 24.4 Å². The van der Waals surface area contributed by atoms with Crippen LogP contribution < -0.4 is 11.3 Å². The van der Waals surface area contributed by atoms with Crippen LogP contribution >= 0.6 is 11.5 Å². The largest absolute Gasteiger partial charge is 0.393 e. The summed E-state index contributed by atoms with van der Waals surface area (Å²) in [5.41, 5.74) is 3.56. The van der Waals surface area contributed by atoms with E-state index in [4.69, 9.17) is 5.84 Å². The Morgan fingerprint density at radius 2 is 2.12 bits per heavy atom. The third-order valence-corrected chi connectivity index (χ3v) is 4.58. The van der Waals surface area contributed by atoms with Crippen LogP contribution in [0.25, 0.3) is 0 Å². The number of hydrazine groups is 1. The van der Waals surface area contributed by atoms with Gasteiger partial charge in [0, 0.05) is 30.2 Å². The van der Waals surface area contributed by atoms with Gasteiger partial charge >= 0.3 is 0 Å². The Morgan fingerprint density at radius 1 is 1.41 bits per heavy atom. The van der Waals surface area contributed by atoms with E-state index >= 15 is 0 Å². The fraction of sp³-hybridized carbons (Fsp3) is 0.800. The topological polar surface area (TPSA) is 87.3 Å². The number of nitrogen functional groups attached to an aromatic ring is 1. The lowest BCUT2D eigenvalue weighted by atomic mass is 10.00. The Labute approximate surface area is 104 Å². The van der Waals surface area contributed by atoms with E-state index in [9.17, 15) is 5.11 Å². The van der Waals surface area contributed by atoms with Gasteiger partial charge in [0.1, 0.15) is 10.7 Å². The normalized spacial score (nSPS) is 32.9. The van der Waals surface area contributed by atoms with Crippen molar-refractivity contribution in [3.05, 3.63) is 5.69 Å². The second-order valence-corrected chi connectivity index (χ2v) is 5.63. The lowest BCUT2D eigenvalue weighted by molar-refractivity contribution is 0.0305. The molecule has 6 nitrogen and oxygen atoms in total. The number of rotatable bonds is 3. The quantitative estimate of drug-likeness (QED) is 0.532. The minimum absolute atomic E-state index is 0.121. The molecule has 7 heteroatoms.